The number of hydrogen-bond acceptors (Lipinski definition) is 6. The van der Waals surface area contributed by atoms with Gasteiger partial charge >= 0.3 is 12.1 Å². The van der Waals surface area contributed by atoms with Gasteiger partial charge in [-0.15, -0.1) is 10.2 Å². The number of carboxylic acid groups (broad SMARTS) is 1. The van der Waals surface area contributed by atoms with Gasteiger partial charge in [-0.2, -0.15) is 0 Å². The van der Waals surface area contributed by atoms with E-state index in [2.05, 4.69) is 20.5 Å². The van der Waals surface area contributed by atoms with Gasteiger partial charge in [0.1, 0.15) is 24.3 Å². The number of carbonyl (C=O) groups excluding carboxylic acids is 1. The molecule has 0 unspecified atom stereocenters. The third-order valence-corrected chi connectivity index (χ3v) is 5.13. The molecule has 0 atom stereocenters. The molecule has 9 heteroatoms. The molecular weight excluding hydrogens is 386 g/mol. The fraction of sp³-hybridized carbons (Fsp3) is 0.0952. The predicted molar refractivity (Wildman–Crippen MR) is 106 cm³/mol. The third kappa shape index (κ3) is 2.84. The highest BCUT2D eigenvalue weighted by molar-refractivity contribution is 5.97. The summed E-state index contributed by atoms with van der Waals surface area (Å²) in [4.78, 5) is 28.0. The molecule has 0 spiro atoms. The zero-order valence-corrected chi connectivity index (χ0v) is 15.5. The molecule has 0 fully saturated rings. The van der Waals surface area contributed by atoms with Crippen LogP contribution in [0.1, 0.15) is 27.4 Å². The number of aromatic carboxylic acids is 1. The molecule has 0 bridgehead atoms. The van der Waals surface area contributed by atoms with Crippen LogP contribution in [0.2, 0.25) is 0 Å². The van der Waals surface area contributed by atoms with E-state index in [1.54, 1.807) is 0 Å². The van der Waals surface area contributed by atoms with E-state index in [4.69, 9.17) is 4.74 Å². The van der Waals surface area contributed by atoms with E-state index in [1.807, 2.05) is 48.5 Å². The highest BCUT2D eigenvalue weighted by Gasteiger charge is 2.29. The van der Waals surface area contributed by atoms with Crippen LogP contribution in [-0.2, 0) is 4.74 Å². The summed E-state index contributed by atoms with van der Waals surface area (Å²) in [5, 5.41) is 19.4. The lowest BCUT2D eigenvalue weighted by molar-refractivity contribution is 0.0697. The van der Waals surface area contributed by atoms with Crippen LogP contribution in [-0.4, -0.2) is 43.4 Å². The van der Waals surface area contributed by atoms with Crippen molar-refractivity contribution in [2.45, 2.75) is 5.92 Å². The monoisotopic (exact) mass is 401 g/mol. The minimum absolute atomic E-state index is 0.0188. The van der Waals surface area contributed by atoms with Gasteiger partial charge in [0.05, 0.1) is 0 Å². The van der Waals surface area contributed by atoms with Crippen LogP contribution in [0.25, 0.3) is 16.9 Å². The first-order chi connectivity index (χ1) is 14.6. The van der Waals surface area contributed by atoms with Gasteiger partial charge in [0.25, 0.3) is 5.78 Å². The molecule has 0 aliphatic heterocycles. The lowest BCUT2D eigenvalue weighted by Gasteiger charge is -2.15. The second-order valence-electron chi connectivity index (χ2n) is 6.78. The number of amides is 1. The summed E-state index contributed by atoms with van der Waals surface area (Å²) in [6.07, 6.45) is 1.61. The number of nitrogens with zero attached hydrogens (tertiary/aromatic N) is 4. The maximum Gasteiger partial charge on any atom is 0.412 e. The quantitative estimate of drug-likeness (QED) is 0.539. The van der Waals surface area contributed by atoms with Gasteiger partial charge in [0.2, 0.25) is 0 Å². The molecule has 9 nitrogen and oxygen atoms in total. The Morgan fingerprint density at radius 1 is 1.07 bits per heavy atom. The van der Waals surface area contributed by atoms with Gasteiger partial charge in [-0.05, 0) is 22.3 Å². The van der Waals surface area contributed by atoms with Gasteiger partial charge in [-0.3, -0.25) is 9.72 Å². The maximum atomic E-state index is 12.5. The summed E-state index contributed by atoms with van der Waals surface area (Å²) < 4.78 is 6.77. The lowest BCUT2D eigenvalue weighted by Crippen LogP contribution is -2.21. The summed E-state index contributed by atoms with van der Waals surface area (Å²) in [5.74, 6) is -1.20. The smallest absolute Gasteiger partial charge is 0.412 e. The Hall–Kier alpha value is -4.27. The number of benzene rings is 2. The van der Waals surface area contributed by atoms with E-state index in [0.717, 1.165) is 28.5 Å². The van der Waals surface area contributed by atoms with Crippen molar-refractivity contribution in [1.29, 1.82) is 0 Å². The Kier molecular flexibility index (Phi) is 4.13. The molecule has 2 N–H and O–H groups in total. The molecule has 2 heterocycles. The van der Waals surface area contributed by atoms with Crippen molar-refractivity contribution in [2.24, 2.45) is 0 Å². The highest BCUT2D eigenvalue weighted by Crippen LogP contribution is 2.44. The molecule has 0 radical (unpaired) electrons. The summed E-state index contributed by atoms with van der Waals surface area (Å²) in [5.41, 5.74) is 4.22. The minimum Gasteiger partial charge on any atom is -0.478 e. The van der Waals surface area contributed by atoms with Crippen molar-refractivity contribution >= 4 is 23.7 Å². The number of nitrogens with one attached hydrogen (secondary N) is 1. The van der Waals surface area contributed by atoms with Crippen molar-refractivity contribution in [2.75, 3.05) is 11.9 Å². The number of ether oxygens (including phenoxy) is 1. The molecule has 5 rings (SSSR count). The number of aromatic nitrogens is 4. The summed E-state index contributed by atoms with van der Waals surface area (Å²) >= 11 is 0. The molecule has 2 aromatic heterocycles. The number of rotatable bonds is 4. The zero-order valence-electron chi connectivity index (χ0n) is 15.5. The Morgan fingerprint density at radius 3 is 2.40 bits per heavy atom. The SMILES string of the molecule is O=C(Nc1c(C(=O)O)cnc2nncn12)OCC1c2ccccc2-c2ccccc21. The number of carboxylic acids is 1. The number of anilines is 1. The molecule has 0 saturated carbocycles. The minimum atomic E-state index is -1.24. The van der Waals surface area contributed by atoms with E-state index in [1.165, 1.54) is 10.7 Å². The van der Waals surface area contributed by atoms with Gasteiger partial charge in [-0.25, -0.2) is 14.6 Å². The molecule has 148 valence electrons. The van der Waals surface area contributed by atoms with Crippen LogP contribution < -0.4 is 5.32 Å². The van der Waals surface area contributed by atoms with E-state index >= 15 is 0 Å². The second kappa shape index (κ2) is 6.96. The average Bonchev–Trinajstić information content (AvgIpc) is 3.35. The van der Waals surface area contributed by atoms with Crippen LogP contribution in [0.4, 0.5) is 10.6 Å². The Balaban J connectivity index is 1.39. The highest BCUT2D eigenvalue weighted by atomic mass is 16.5. The van der Waals surface area contributed by atoms with Crippen LogP contribution >= 0.6 is 0 Å². The fourth-order valence-electron chi connectivity index (χ4n) is 3.80. The van der Waals surface area contributed by atoms with Crippen molar-refractivity contribution in [3.05, 3.63) is 77.7 Å². The lowest BCUT2D eigenvalue weighted by atomic mass is 9.98. The molecule has 4 aromatic rings. The number of carbonyl (C=O) groups is 2. The number of fused-ring (bicyclic) bond motifs is 4. The van der Waals surface area contributed by atoms with Crippen LogP contribution in [0.5, 0.6) is 0 Å². The predicted octanol–water partition coefficient (Wildman–Crippen LogP) is 3.18. The zero-order chi connectivity index (χ0) is 20.7. The maximum absolute atomic E-state index is 12.5. The van der Waals surface area contributed by atoms with Gasteiger partial charge in [-0.1, -0.05) is 48.5 Å². The van der Waals surface area contributed by atoms with E-state index in [-0.39, 0.29) is 29.7 Å². The Labute approximate surface area is 170 Å². The van der Waals surface area contributed by atoms with E-state index < -0.39 is 12.1 Å². The van der Waals surface area contributed by atoms with Gasteiger partial charge in [0.15, 0.2) is 0 Å². The third-order valence-electron chi connectivity index (χ3n) is 5.13. The van der Waals surface area contributed by atoms with E-state index in [0.29, 0.717) is 0 Å². The van der Waals surface area contributed by atoms with Crippen molar-refractivity contribution in [3.63, 3.8) is 0 Å². The second-order valence-corrected chi connectivity index (χ2v) is 6.78. The van der Waals surface area contributed by atoms with E-state index in [9.17, 15) is 14.7 Å². The first-order valence-corrected chi connectivity index (χ1v) is 9.17. The van der Waals surface area contributed by atoms with Crippen LogP contribution in [0, 0.1) is 0 Å². The largest absolute Gasteiger partial charge is 0.478 e. The fourth-order valence-corrected chi connectivity index (χ4v) is 3.80. The average molecular weight is 401 g/mol. The molecule has 1 aliphatic rings. The normalized spacial score (nSPS) is 12.4. The van der Waals surface area contributed by atoms with Gasteiger partial charge < -0.3 is 9.84 Å². The number of hydrogen-bond donors (Lipinski definition) is 2. The van der Waals surface area contributed by atoms with Gasteiger partial charge in [0, 0.05) is 12.1 Å². The first kappa shape index (κ1) is 17.8. The van der Waals surface area contributed by atoms with Crippen LogP contribution in [0.15, 0.2) is 61.1 Å². The summed E-state index contributed by atoms with van der Waals surface area (Å²) in [6, 6.07) is 16.0. The molecule has 2 aromatic carbocycles. The Morgan fingerprint density at radius 2 is 1.73 bits per heavy atom. The molecular formula is C21H15N5O4. The molecule has 0 saturated heterocycles. The standard InChI is InChI=1S/C21H15N5O4/c27-19(28)16-9-22-20-25-23-11-26(20)18(16)24-21(29)30-10-17-14-7-3-1-5-12(14)13-6-2-4-8-15(13)17/h1-9,11,17H,10H2,(H,24,29)(H,27,28). The molecule has 1 amide bonds. The van der Waals surface area contributed by atoms with Crippen LogP contribution in [0.3, 0.4) is 0 Å². The Bertz CT molecular complexity index is 1250. The van der Waals surface area contributed by atoms with Crippen molar-refractivity contribution in [1.82, 2.24) is 19.6 Å². The summed E-state index contributed by atoms with van der Waals surface area (Å²) in [6.45, 7) is 0.110. The first-order valence-electron chi connectivity index (χ1n) is 9.17. The van der Waals surface area contributed by atoms with Crippen molar-refractivity contribution in [3.8, 4) is 11.1 Å². The van der Waals surface area contributed by atoms with Crippen molar-refractivity contribution < 1.29 is 19.4 Å². The molecule has 1 aliphatic carbocycles. The molecule has 30 heavy (non-hydrogen) atoms. The topological polar surface area (TPSA) is 119 Å². The summed E-state index contributed by atoms with van der Waals surface area (Å²) in [7, 11) is 0.